The van der Waals surface area contributed by atoms with E-state index >= 15 is 0 Å². The molecule has 0 aromatic heterocycles. The van der Waals surface area contributed by atoms with Crippen LogP contribution in [0.3, 0.4) is 0 Å². The van der Waals surface area contributed by atoms with Crippen molar-refractivity contribution in [1.82, 2.24) is 0 Å². The van der Waals surface area contributed by atoms with Crippen molar-refractivity contribution in [2.45, 2.75) is 77.9 Å². The summed E-state index contributed by atoms with van der Waals surface area (Å²) in [6.45, 7) is 12.4. The molecule has 0 aromatic rings. The van der Waals surface area contributed by atoms with Crippen molar-refractivity contribution in [3.63, 3.8) is 0 Å². The maximum Gasteiger partial charge on any atom is 0.167 e. The Hall–Kier alpha value is -1.15. The number of hydrogen-bond acceptors (Lipinski definition) is 2. The number of carbonyl (C=O) groups is 1. The van der Waals surface area contributed by atoms with E-state index < -0.39 is 5.60 Å². The average Bonchev–Trinajstić information content (AvgIpc) is 3.12. The molecule has 0 aromatic carbocycles. The third-order valence-electron chi connectivity index (χ3n) is 5.21. The van der Waals surface area contributed by atoms with Gasteiger partial charge in [0.15, 0.2) is 5.78 Å². The Balaban J connectivity index is 2.15. The van der Waals surface area contributed by atoms with Crippen LogP contribution < -0.4 is 0 Å². The number of carbonyl (C=O) groups excluding carboxylic acids is 1. The third-order valence-corrected chi connectivity index (χ3v) is 5.21. The highest BCUT2D eigenvalue weighted by Gasteiger charge is 2.57. The molecule has 0 bridgehead atoms. The van der Waals surface area contributed by atoms with E-state index in [0.717, 1.165) is 37.7 Å². The van der Waals surface area contributed by atoms with Crippen LogP contribution in [0.4, 0.5) is 0 Å². The van der Waals surface area contributed by atoms with Crippen LogP contribution in [0.5, 0.6) is 0 Å². The van der Waals surface area contributed by atoms with Crippen molar-refractivity contribution in [3.8, 4) is 0 Å². The number of ether oxygens (including phenoxy) is 1. The lowest BCUT2D eigenvalue weighted by molar-refractivity contribution is -0.124. The van der Waals surface area contributed by atoms with E-state index in [1.807, 2.05) is 13.8 Å². The van der Waals surface area contributed by atoms with Crippen LogP contribution in [0.2, 0.25) is 0 Å². The maximum atomic E-state index is 12.6. The molecule has 22 heavy (non-hydrogen) atoms. The molecule has 1 heterocycles. The fraction of sp³-hybridized carbons (Fsp3) is 0.650. The number of allylic oxidation sites excluding steroid dienone is 5. The van der Waals surface area contributed by atoms with Crippen LogP contribution in [-0.4, -0.2) is 17.5 Å². The maximum absolute atomic E-state index is 12.6. The summed E-state index contributed by atoms with van der Waals surface area (Å²) in [6.07, 6.45) is 10.4. The summed E-state index contributed by atoms with van der Waals surface area (Å²) in [5.74, 6) is 0.486. The number of ketones is 1. The molecule has 2 rings (SSSR count). The highest BCUT2D eigenvalue weighted by molar-refractivity contribution is 5.90. The number of fused-ring (bicyclic) bond motifs is 1. The minimum atomic E-state index is -0.545. The van der Waals surface area contributed by atoms with Gasteiger partial charge in [-0.1, -0.05) is 35.5 Å². The smallest absolute Gasteiger partial charge is 0.167 e. The van der Waals surface area contributed by atoms with Crippen LogP contribution in [0.15, 0.2) is 35.5 Å². The number of hydrogen-bond donors (Lipinski definition) is 0. The lowest BCUT2D eigenvalue weighted by atomic mass is 9.86. The van der Waals surface area contributed by atoms with Crippen LogP contribution in [0, 0.1) is 5.92 Å². The summed E-state index contributed by atoms with van der Waals surface area (Å²) in [6, 6.07) is 0. The quantitative estimate of drug-likeness (QED) is 0.495. The molecule has 1 aliphatic heterocycles. The van der Waals surface area contributed by atoms with E-state index in [4.69, 9.17) is 4.74 Å². The van der Waals surface area contributed by atoms with Crippen molar-refractivity contribution >= 4 is 5.78 Å². The van der Waals surface area contributed by atoms with E-state index in [1.54, 1.807) is 0 Å². The van der Waals surface area contributed by atoms with Gasteiger partial charge in [0.2, 0.25) is 0 Å². The fourth-order valence-electron chi connectivity index (χ4n) is 3.18. The molecule has 3 atom stereocenters. The summed E-state index contributed by atoms with van der Waals surface area (Å²) in [5, 5.41) is 0. The van der Waals surface area contributed by atoms with Gasteiger partial charge in [-0.25, -0.2) is 0 Å². The van der Waals surface area contributed by atoms with Gasteiger partial charge in [0, 0.05) is 6.42 Å². The van der Waals surface area contributed by atoms with Crippen molar-refractivity contribution < 1.29 is 9.53 Å². The van der Waals surface area contributed by atoms with Gasteiger partial charge in [-0.2, -0.15) is 0 Å². The topological polar surface area (TPSA) is 29.6 Å². The van der Waals surface area contributed by atoms with Gasteiger partial charge in [-0.05, 0) is 65.7 Å². The first-order valence-electron chi connectivity index (χ1n) is 8.50. The zero-order valence-electron chi connectivity index (χ0n) is 14.6. The summed E-state index contributed by atoms with van der Waals surface area (Å²) in [4.78, 5) is 12.6. The molecular formula is C20H30O2. The van der Waals surface area contributed by atoms with Crippen LogP contribution in [-0.2, 0) is 9.53 Å². The molecule has 0 N–H and O–H groups in total. The first kappa shape index (κ1) is 17.2. The Morgan fingerprint density at radius 2 is 1.95 bits per heavy atom. The molecule has 1 saturated heterocycles. The second-order valence-electron chi connectivity index (χ2n) is 7.30. The minimum Gasteiger partial charge on any atom is -0.358 e. The highest BCUT2D eigenvalue weighted by Crippen LogP contribution is 2.42. The Morgan fingerprint density at radius 3 is 2.64 bits per heavy atom. The molecule has 2 aliphatic rings. The Morgan fingerprint density at radius 1 is 1.27 bits per heavy atom. The van der Waals surface area contributed by atoms with Gasteiger partial charge in [-0.3, -0.25) is 4.79 Å². The molecule has 2 nitrogen and oxygen atoms in total. The summed E-state index contributed by atoms with van der Waals surface area (Å²) in [7, 11) is 0. The molecule has 0 spiro atoms. The minimum absolute atomic E-state index is 0.106. The van der Waals surface area contributed by atoms with Gasteiger partial charge in [-0.15, -0.1) is 0 Å². The summed E-state index contributed by atoms with van der Waals surface area (Å²) >= 11 is 0. The molecule has 1 fully saturated rings. The van der Waals surface area contributed by atoms with Gasteiger partial charge >= 0.3 is 0 Å². The zero-order chi connectivity index (χ0) is 16.3. The first-order valence-corrected chi connectivity index (χ1v) is 8.50. The van der Waals surface area contributed by atoms with Crippen molar-refractivity contribution in [2.24, 2.45) is 5.92 Å². The Labute approximate surface area is 135 Å². The molecule has 1 aliphatic carbocycles. The predicted molar refractivity (Wildman–Crippen MR) is 91.8 cm³/mol. The fourth-order valence-corrected chi connectivity index (χ4v) is 3.18. The molecule has 0 amide bonds. The van der Waals surface area contributed by atoms with Crippen molar-refractivity contribution in [2.75, 3.05) is 0 Å². The van der Waals surface area contributed by atoms with Gasteiger partial charge in [0.25, 0.3) is 0 Å². The molecule has 0 saturated carbocycles. The van der Waals surface area contributed by atoms with Crippen LogP contribution in [0.1, 0.15) is 66.2 Å². The average molecular weight is 302 g/mol. The third kappa shape index (κ3) is 4.19. The largest absolute Gasteiger partial charge is 0.358 e. The standard InChI is InChI=1S/C20H30O2/c1-14(2)17-11-9-15(3)7-6-8-16(4)10-12-19-20(5,22-19)18(21)13-17/h8-9,17,19H,1,6-7,10-13H2,2-5H3/b15-9+,16-8+/t17-,19-,20-/m0/s1. The van der Waals surface area contributed by atoms with Gasteiger partial charge in [0.1, 0.15) is 5.60 Å². The second-order valence-corrected chi connectivity index (χ2v) is 7.30. The lowest BCUT2D eigenvalue weighted by Crippen LogP contribution is -2.26. The monoisotopic (exact) mass is 302 g/mol. The van der Waals surface area contributed by atoms with E-state index in [0.29, 0.717) is 6.42 Å². The molecule has 2 heteroatoms. The number of Topliss-reactive ketones (excluding diaryl/α,β-unsaturated/α-hetero) is 1. The van der Waals surface area contributed by atoms with Crippen LogP contribution >= 0.6 is 0 Å². The predicted octanol–water partition coefficient (Wildman–Crippen LogP) is 5.15. The van der Waals surface area contributed by atoms with E-state index in [1.165, 1.54) is 11.1 Å². The highest BCUT2D eigenvalue weighted by atomic mass is 16.6. The lowest BCUT2D eigenvalue weighted by Gasteiger charge is -2.17. The SMILES string of the molecule is C=C(C)[C@H]1C/C=C(\C)CC/C=C(\C)CC[C@@H]2O[C@@]2(C)C(=O)C1. The number of rotatable bonds is 1. The van der Waals surface area contributed by atoms with E-state index in [9.17, 15) is 4.79 Å². The van der Waals surface area contributed by atoms with E-state index in [-0.39, 0.29) is 17.8 Å². The van der Waals surface area contributed by atoms with E-state index in [2.05, 4.69) is 32.6 Å². The number of epoxide rings is 1. The Kier molecular flexibility index (Phi) is 5.44. The molecule has 122 valence electrons. The van der Waals surface area contributed by atoms with Crippen molar-refractivity contribution in [3.05, 3.63) is 35.5 Å². The van der Waals surface area contributed by atoms with Crippen molar-refractivity contribution in [1.29, 1.82) is 0 Å². The molecule has 0 radical (unpaired) electrons. The Bertz CT molecular complexity index is 512. The van der Waals surface area contributed by atoms with Crippen LogP contribution in [0.25, 0.3) is 0 Å². The molecular weight excluding hydrogens is 272 g/mol. The summed E-state index contributed by atoms with van der Waals surface area (Å²) in [5.41, 5.74) is 3.37. The normalized spacial score (nSPS) is 38.8. The van der Waals surface area contributed by atoms with Gasteiger partial charge in [0.05, 0.1) is 6.10 Å². The molecule has 0 unspecified atom stereocenters. The second kappa shape index (κ2) is 6.95. The first-order chi connectivity index (χ1) is 10.3. The summed E-state index contributed by atoms with van der Waals surface area (Å²) < 4.78 is 5.77. The zero-order valence-corrected chi connectivity index (χ0v) is 14.6. The van der Waals surface area contributed by atoms with Gasteiger partial charge < -0.3 is 4.74 Å².